The topological polar surface area (TPSA) is 147 Å². The number of rotatable bonds is 9. The van der Waals surface area contributed by atoms with Gasteiger partial charge in [0, 0.05) is 0 Å². The van der Waals surface area contributed by atoms with E-state index in [4.69, 9.17) is 8.37 Å². The second-order valence-electron chi connectivity index (χ2n) is 13.4. The summed E-state index contributed by atoms with van der Waals surface area (Å²) >= 11 is 0. The highest BCUT2D eigenvalue weighted by Gasteiger charge is 2.61. The van der Waals surface area contributed by atoms with Crippen LogP contribution in [0.4, 0.5) is 0 Å². The zero-order chi connectivity index (χ0) is 28.3. The normalized spacial score (nSPS) is 41.1. The van der Waals surface area contributed by atoms with Gasteiger partial charge in [-0.1, -0.05) is 46.3 Å². The fraction of sp³-hybridized carbons (Fsp3) is 0.926. The van der Waals surface area contributed by atoms with Crippen LogP contribution in [-0.2, 0) is 29.2 Å². The van der Waals surface area contributed by atoms with E-state index in [1.165, 1.54) is 5.57 Å². The molecule has 0 aliphatic heterocycles. The van der Waals surface area contributed by atoms with Crippen molar-refractivity contribution in [1.29, 1.82) is 0 Å². The minimum absolute atomic E-state index is 0.0382. The van der Waals surface area contributed by atoms with Crippen LogP contribution in [-0.4, -0.2) is 49.4 Å². The van der Waals surface area contributed by atoms with Gasteiger partial charge in [-0.2, -0.15) is 16.8 Å². The third-order valence-corrected chi connectivity index (χ3v) is 11.8. The molecule has 4 aliphatic carbocycles. The van der Waals surface area contributed by atoms with Crippen molar-refractivity contribution in [2.75, 3.05) is 0 Å². The molecule has 10 atom stereocenters. The Morgan fingerprint density at radius 2 is 1.61 bits per heavy atom. The molecule has 0 amide bonds. The lowest BCUT2D eigenvalue weighted by Crippen LogP contribution is -2.55. The molecular formula is C27H46O9S2. The number of aliphatic hydroxyl groups is 1. The molecule has 0 radical (unpaired) electrons. The maximum absolute atomic E-state index is 11.9. The van der Waals surface area contributed by atoms with Gasteiger partial charge in [0.15, 0.2) is 0 Å². The first-order valence-corrected chi connectivity index (χ1v) is 16.9. The van der Waals surface area contributed by atoms with E-state index in [0.717, 1.165) is 32.1 Å². The summed E-state index contributed by atoms with van der Waals surface area (Å²) < 4.78 is 75.6. The van der Waals surface area contributed by atoms with E-state index >= 15 is 0 Å². The standard InChI is InChI=1S/C27H46O9S2/c1-16(2)6-9-24(28)17(3)20-7-8-21-19-15-25(36-38(32,33)34)23-14-18(35-37(29,30)31)10-12-27(23,5)22(19)11-13-26(20,21)4/h11,16-21,23-25,28H,6-10,12-15H2,1-5H3,(H,29,30,31)(H,32,33,34)/t17-,18-,19?,20+,21?,23?,24+,25-,26+,27+/m0/s1. The highest BCUT2D eigenvalue weighted by atomic mass is 32.3. The summed E-state index contributed by atoms with van der Waals surface area (Å²) in [5.74, 6) is 1.01. The molecule has 0 heterocycles. The molecule has 0 aromatic carbocycles. The molecule has 0 spiro atoms. The molecule has 3 unspecified atom stereocenters. The molecule has 0 aromatic rings. The molecule has 9 nitrogen and oxygen atoms in total. The van der Waals surface area contributed by atoms with E-state index in [1.807, 2.05) is 0 Å². The van der Waals surface area contributed by atoms with Gasteiger partial charge in [0.1, 0.15) is 0 Å². The van der Waals surface area contributed by atoms with E-state index < -0.39 is 44.3 Å². The predicted molar refractivity (Wildman–Crippen MR) is 143 cm³/mol. The number of hydrogen-bond acceptors (Lipinski definition) is 7. The summed E-state index contributed by atoms with van der Waals surface area (Å²) in [7, 11) is -9.39. The predicted octanol–water partition coefficient (Wildman–Crippen LogP) is 4.98. The zero-order valence-electron chi connectivity index (χ0n) is 23.2. The monoisotopic (exact) mass is 578 g/mol. The highest BCUT2D eigenvalue weighted by Crippen LogP contribution is 2.67. The maximum Gasteiger partial charge on any atom is 0.397 e. The first-order chi connectivity index (χ1) is 17.4. The molecule has 220 valence electrons. The van der Waals surface area contributed by atoms with Gasteiger partial charge in [0.05, 0.1) is 18.3 Å². The number of aliphatic hydroxyl groups excluding tert-OH is 1. The van der Waals surface area contributed by atoms with Crippen LogP contribution in [0.3, 0.4) is 0 Å². The number of hydrogen-bond donors (Lipinski definition) is 3. The lowest BCUT2D eigenvalue weighted by molar-refractivity contribution is -0.0727. The van der Waals surface area contributed by atoms with Crippen LogP contribution in [0.15, 0.2) is 11.6 Å². The summed E-state index contributed by atoms with van der Waals surface area (Å²) in [6.45, 7) is 10.9. The SMILES string of the molecule is CC(C)CC[C@@H](O)[C@@H](C)[C@H]1CCC2C3C[C@H](OS(=O)(=O)O)C4C[C@@H](OS(=O)(=O)O)CC[C@]4(C)C3=CC[C@@]21C. The third kappa shape index (κ3) is 6.04. The van der Waals surface area contributed by atoms with Gasteiger partial charge < -0.3 is 5.11 Å². The smallest absolute Gasteiger partial charge is 0.393 e. The molecule has 0 bridgehead atoms. The Morgan fingerprint density at radius 1 is 0.947 bits per heavy atom. The van der Waals surface area contributed by atoms with Crippen molar-refractivity contribution >= 4 is 20.8 Å². The van der Waals surface area contributed by atoms with Crippen molar-refractivity contribution in [2.24, 2.45) is 46.3 Å². The molecule has 3 saturated carbocycles. The molecule has 3 fully saturated rings. The van der Waals surface area contributed by atoms with Gasteiger partial charge in [0.2, 0.25) is 0 Å². The van der Waals surface area contributed by atoms with Gasteiger partial charge in [-0.15, -0.1) is 0 Å². The quantitative estimate of drug-likeness (QED) is 0.254. The van der Waals surface area contributed by atoms with Gasteiger partial charge in [-0.3, -0.25) is 9.11 Å². The molecule has 11 heteroatoms. The van der Waals surface area contributed by atoms with Crippen LogP contribution in [0.25, 0.3) is 0 Å². The van der Waals surface area contributed by atoms with Gasteiger partial charge >= 0.3 is 20.8 Å². The Labute approximate surface area is 228 Å². The molecule has 38 heavy (non-hydrogen) atoms. The summed E-state index contributed by atoms with van der Waals surface area (Å²) in [5.41, 5.74) is 0.794. The summed E-state index contributed by atoms with van der Waals surface area (Å²) in [6, 6.07) is 0. The molecule has 4 aliphatic rings. The fourth-order valence-electron chi connectivity index (χ4n) is 8.97. The minimum Gasteiger partial charge on any atom is -0.393 e. The number of allylic oxidation sites excluding steroid dienone is 2. The maximum atomic E-state index is 11.9. The lowest BCUT2D eigenvalue weighted by atomic mass is 9.47. The van der Waals surface area contributed by atoms with Crippen LogP contribution in [0.1, 0.15) is 92.4 Å². The Morgan fingerprint density at radius 3 is 2.21 bits per heavy atom. The Hall–Kier alpha value is -0.560. The summed E-state index contributed by atoms with van der Waals surface area (Å²) in [5, 5.41) is 11.0. The largest absolute Gasteiger partial charge is 0.397 e. The first kappa shape index (κ1) is 30.4. The van der Waals surface area contributed by atoms with E-state index in [2.05, 4.69) is 40.7 Å². The second-order valence-corrected chi connectivity index (χ2v) is 15.5. The second kappa shape index (κ2) is 10.7. The third-order valence-electron chi connectivity index (χ3n) is 10.8. The van der Waals surface area contributed by atoms with Crippen LogP contribution >= 0.6 is 0 Å². The Bertz CT molecular complexity index is 1120. The summed E-state index contributed by atoms with van der Waals surface area (Å²) in [6.07, 6.45) is 6.56. The van der Waals surface area contributed by atoms with E-state index in [9.17, 15) is 31.0 Å². The molecule has 0 aromatic heterocycles. The lowest BCUT2D eigenvalue weighted by Gasteiger charge is -2.59. The fourth-order valence-corrected chi connectivity index (χ4v) is 10.0. The molecule has 4 rings (SSSR count). The molecular weight excluding hydrogens is 532 g/mol. The zero-order valence-corrected chi connectivity index (χ0v) is 24.9. The molecule has 0 saturated heterocycles. The van der Waals surface area contributed by atoms with Crippen molar-refractivity contribution in [1.82, 2.24) is 0 Å². The van der Waals surface area contributed by atoms with Gasteiger partial charge in [-0.05, 0) is 104 Å². The van der Waals surface area contributed by atoms with Crippen LogP contribution in [0.2, 0.25) is 0 Å². The first-order valence-electron chi connectivity index (χ1n) is 14.1. The molecule has 3 N–H and O–H groups in total. The van der Waals surface area contributed by atoms with E-state index in [0.29, 0.717) is 37.0 Å². The van der Waals surface area contributed by atoms with Crippen LogP contribution in [0, 0.1) is 46.3 Å². The minimum atomic E-state index is -4.74. The van der Waals surface area contributed by atoms with Crippen molar-refractivity contribution in [2.45, 2.75) is 111 Å². The number of fused-ring (bicyclic) bond motifs is 5. The van der Waals surface area contributed by atoms with Crippen molar-refractivity contribution in [3.8, 4) is 0 Å². The van der Waals surface area contributed by atoms with E-state index in [1.54, 1.807) is 0 Å². The highest BCUT2D eigenvalue weighted by molar-refractivity contribution is 7.81. The van der Waals surface area contributed by atoms with Crippen molar-refractivity contribution in [3.63, 3.8) is 0 Å². The Kier molecular flexibility index (Phi) is 8.55. The van der Waals surface area contributed by atoms with Crippen LogP contribution in [0.5, 0.6) is 0 Å². The van der Waals surface area contributed by atoms with Crippen molar-refractivity contribution in [3.05, 3.63) is 11.6 Å². The van der Waals surface area contributed by atoms with Crippen LogP contribution < -0.4 is 0 Å². The Balaban J connectivity index is 1.63. The summed E-state index contributed by atoms with van der Waals surface area (Å²) in [4.78, 5) is 0. The average molecular weight is 579 g/mol. The van der Waals surface area contributed by atoms with Crippen molar-refractivity contribution < 1.29 is 39.4 Å². The van der Waals surface area contributed by atoms with Gasteiger partial charge in [0.25, 0.3) is 0 Å². The van der Waals surface area contributed by atoms with Gasteiger partial charge in [-0.25, -0.2) is 8.37 Å². The average Bonchev–Trinajstić information content (AvgIpc) is 3.13. The van der Waals surface area contributed by atoms with E-state index in [-0.39, 0.29) is 29.8 Å².